The predicted molar refractivity (Wildman–Crippen MR) is 107 cm³/mol. The van der Waals surface area contributed by atoms with Crippen LogP contribution in [0.3, 0.4) is 0 Å². The molecular weight excluding hydrogens is 372 g/mol. The number of carbonyl (C=O) groups is 3. The number of carboxylic acid groups (broad SMARTS) is 1. The number of hydrogen-bond donors (Lipinski definition) is 1. The minimum absolute atomic E-state index is 0.0639. The monoisotopic (exact) mass is 402 g/mol. The summed E-state index contributed by atoms with van der Waals surface area (Å²) < 4.78 is 10.8. The van der Waals surface area contributed by atoms with Crippen molar-refractivity contribution in [2.24, 2.45) is 23.7 Å². The lowest BCUT2D eigenvalue weighted by Crippen LogP contribution is -2.58. The van der Waals surface area contributed by atoms with Crippen molar-refractivity contribution in [2.45, 2.75) is 58.5 Å². The number of hydrogen-bond acceptors (Lipinski definition) is 5. The summed E-state index contributed by atoms with van der Waals surface area (Å²) in [5, 5.41) is 9.32. The molecule has 158 valence electrons. The van der Waals surface area contributed by atoms with E-state index in [0.717, 1.165) is 37.5 Å². The van der Waals surface area contributed by atoms with Crippen LogP contribution in [0.25, 0.3) is 0 Å². The van der Waals surface area contributed by atoms with Gasteiger partial charge in [-0.25, -0.2) is 14.4 Å². The summed E-state index contributed by atoms with van der Waals surface area (Å²) >= 11 is 0. The third-order valence-corrected chi connectivity index (χ3v) is 7.23. The maximum Gasteiger partial charge on any atom is 0.335 e. The molecule has 4 bridgehead atoms. The van der Waals surface area contributed by atoms with Crippen LogP contribution in [-0.2, 0) is 23.9 Å². The van der Waals surface area contributed by atoms with Crippen molar-refractivity contribution in [3.8, 4) is 0 Å². The van der Waals surface area contributed by atoms with Crippen LogP contribution >= 0.6 is 0 Å². The quantitative estimate of drug-likeness (QED) is 0.413. The molecule has 0 aromatic heterocycles. The highest BCUT2D eigenvalue weighted by molar-refractivity contribution is 5.99. The Kier molecular flexibility index (Phi) is 5.74. The van der Waals surface area contributed by atoms with Crippen LogP contribution in [0.1, 0.15) is 52.9 Å². The number of carboxylic acids is 1. The van der Waals surface area contributed by atoms with Crippen molar-refractivity contribution in [1.82, 2.24) is 0 Å². The molecule has 0 heterocycles. The number of carbonyl (C=O) groups excluding carboxylic acids is 2. The summed E-state index contributed by atoms with van der Waals surface area (Å²) in [6.07, 6.45) is 7.13. The van der Waals surface area contributed by atoms with E-state index in [1.165, 1.54) is 26.5 Å². The van der Waals surface area contributed by atoms with Gasteiger partial charge in [-0.15, -0.1) is 0 Å². The number of esters is 2. The first-order valence-corrected chi connectivity index (χ1v) is 10.2. The molecule has 4 rings (SSSR count). The van der Waals surface area contributed by atoms with E-state index in [1.807, 2.05) is 0 Å². The molecule has 0 radical (unpaired) electrons. The van der Waals surface area contributed by atoms with Gasteiger partial charge in [0.1, 0.15) is 5.60 Å². The van der Waals surface area contributed by atoms with Crippen LogP contribution in [0.2, 0.25) is 0 Å². The molecule has 6 nitrogen and oxygen atoms in total. The second kappa shape index (κ2) is 7.81. The van der Waals surface area contributed by atoms with E-state index in [9.17, 15) is 19.5 Å². The first-order valence-electron chi connectivity index (χ1n) is 10.2. The number of ether oxygens (including phenoxy) is 2. The summed E-state index contributed by atoms with van der Waals surface area (Å²) in [5.74, 6) is -0.128. The molecule has 0 aromatic rings. The molecule has 1 N–H and O–H groups in total. The Hall–Kier alpha value is -2.37. The Bertz CT molecular complexity index is 787. The van der Waals surface area contributed by atoms with Gasteiger partial charge in [-0.3, -0.25) is 0 Å². The molecule has 29 heavy (non-hydrogen) atoms. The van der Waals surface area contributed by atoms with Crippen molar-refractivity contribution >= 4 is 17.9 Å². The Balaban J connectivity index is 1.84. The maximum absolute atomic E-state index is 12.9. The lowest BCUT2D eigenvalue weighted by molar-refractivity contribution is -0.199. The van der Waals surface area contributed by atoms with Crippen LogP contribution < -0.4 is 0 Å². The maximum atomic E-state index is 12.9. The highest BCUT2D eigenvalue weighted by Crippen LogP contribution is 2.59. The molecule has 4 fully saturated rings. The Morgan fingerprint density at radius 2 is 1.52 bits per heavy atom. The van der Waals surface area contributed by atoms with Crippen LogP contribution in [-0.4, -0.2) is 35.7 Å². The van der Waals surface area contributed by atoms with Crippen molar-refractivity contribution in [2.75, 3.05) is 7.11 Å². The Labute approximate surface area is 171 Å². The molecule has 0 amide bonds. The average molecular weight is 402 g/mol. The number of rotatable bonds is 6. The predicted octanol–water partition coefficient (Wildman–Crippen LogP) is 3.82. The molecule has 4 aliphatic rings. The SMILES string of the molecule is C=C(C(=O)O)C(C=C(C)C(=O)OC1(C)C2CC3CC(C2)CC1C3)=C(C)C(=O)OC. The summed E-state index contributed by atoms with van der Waals surface area (Å²) in [4.78, 5) is 36.2. The van der Waals surface area contributed by atoms with Crippen LogP contribution in [0.4, 0.5) is 0 Å². The molecule has 0 saturated heterocycles. The largest absolute Gasteiger partial charge is 0.478 e. The average Bonchev–Trinajstić information content (AvgIpc) is 2.67. The van der Waals surface area contributed by atoms with Gasteiger partial charge in [-0.1, -0.05) is 6.58 Å². The van der Waals surface area contributed by atoms with Crippen molar-refractivity contribution in [3.63, 3.8) is 0 Å². The summed E-state index contributed by atoms with van der Waals surface area (Å²) in [6.45, 7) is 8.60. The van der Waals surface area contributed by atoms with Crippen molar-refractivity contribution in [3.05, 3.63) is 34.9 Å². The molecule has 0 atom stereocenters. The first kappa shape index (κ1) is 21.3. The fourth-order valence-corrected chi connectivity index (χ4v) is 5.64. The van der Waals surface area contributed by atoms with Crippen molar-refractivity contribution < 1.29 is 29.0 Å². The standard InChI is InChI=1S/C23H30O6/c1-12(6-19(13(2)20(24)25)14(3)22(27)28-5)21(26)29-23(4)17-8-15-7-16(10-17)11-18(23)9-15/h6,15-18H,2,7-11H2,1,3-5H3,(H,24,25). The number of allylic oxidation sites excluding steroid dienone is 1. The minimum atomic E-state index is -1.27. The Morgan fingerprint density at radius 1 is 1.00 bits per heavy atom. The van der Waals surface area contributed by atoms with Gasteiger partial charge in [-0.05, 0) is 88.2 Å². The van der Waals surface area contributed by atoms with Crippen molar-refractivity contribution in [1.29, 1.82) is 0 Å². The van der Waals surface area contributed by atoms with Gasteiger partial charge in [0, 0.05) is 11.1 Å². The lowest BCUT2D eigenvalue weighted by Gasteiger charge is -2.59. The van der Waals surface area contributed by atoms with Gasteiger partial charge in [0.05, 0.1) is 12.7 Å². The van der Waals surface area contributed by atoms with Gasteiger partial charge in [0.15, 0.2) is 0 Å². The second-order valence-electron chi connectivity index (χ2n) is 9.02. The van der Waals surface area contributed by atoms with Crippen LogP contribution in [0, 0.1) is 23.7 Å². The van der Waals surface area contributed by atoms with E-state index in [2.05, 4.69) is 13.5 Å². The van der Waals surface area contributed by atoms with E-state index in [4.69, 9.17) is 9.47 Å². The summed E-state index contributed by atoms with van der Waals surface area (Å²) in [7, 11) is 1.21. The highest BCUT2D eigenvalue weighted by atomic mass is 16.6. The molecule has 6 heteroatoms. The van der Waals surface area contributed by atoms with E-state index >= 15 is 0 Å². The minimum Gasteiger partial charge on any atom is -0.478 e. The zero-order valence-electron chi connectivity index (χ0n) is 17.6. The smallest absolute Gasteiger partial charge is 0.335 e. The molecule has 0 unspecified atom stereocenters. The van der Waals surface area contributed by atoms with Gasteiger partial charge >= 0.3 is 17.9 Å². The normalized spacial score (nSPS) is 33.7. The van der Waals surface area contributed by atoms with Gasteiger partial charge in [0.25, 0.3) is 0 Å². The Morgan fingerprint density at radius 3 is 1.97 bits per heavy atom. The second-order valence-corrected chi connectivity index (χ2v) is 9.02. The molecule has 0 spiro atoms. The fraction of sp³-hybridized carbons (Fsp3) is 0.609. The molecular formula is C23H30O6. The molecule has 4 saturated carbocycles. The highest BCUT2D eigenvalue weighted by Gasteiger charge is 2.57. The zero-order valence-corrected chi connectivity index (χ0v) is 17.6. The van der Waals surface area contributed by atoms with Gasteiger partial charge in [0.2, 0.25) is 0 Å². The van der Waals surface area contributed by atoms with E-state index in [-0.39, 0.29) is 22.3 Å². The topological polar surface area (TPSA) is 89.9 Å². The fourth-order valence-electron chi connectivity index (χ4n) is 5.64. The number of methoxy groups -OCH3 is 1. The van der Waals surface area contributed by atoms with Gasteiger partial charge < -0.3 is 14.6 Å². The summed E-state index contributed by atoms with van der Waals surface area (Å²) in [6, 6.07) is 0. The third kappa shape index (κ3) is 3.89. The van der Waals surface area contributed by atoms with E-state index in [1.54, 1.807) is 6.92 Å². The number of aliphatic carboxylic acids is 1. The van der Waals surface area contributed by atoms with Gasteiger partial charge in [-0.2, -0.15) is 0 Å². The molecule has 0 aliphatic heterocycles. The van der Waals surface area contributed by atoms with Crippen LogP contribution in [0.15, 0.2) is 34.9 Å². The molecule has 0 aromatic carbocycles. The lowest BCUT2D eigenvalue weighted by atomic mass is 9.50. The van der Waals surface area contributed by atoms with E-state index < -0.39 is 23.5 Å². The zero-order chi connectivity index (χ0) is 21.5. The summed E-state index contributed by atoms with van der Waals surface area (Å²) in [5.41, 5.74) is -0.381. The molecule has 4 aliphatic carbocycles. The van der Waals surface area contributed by atoms with E-state index in [0.29, 0.717) is 11.8 Å². The van der Waals surface area contributed by atoms with Crippen LogP contribution in [0.5, 0.6) is 0 Å². The first-order chi connectivity index (χ1) is 13.6. The third-order valence-electron chi connectivity index (χ3n) is 7.23.